The maximum Gasteiger partial charge on any atom is 0.354 e. The molecule has 0 aliphatic carbocycles. The normalized spacial score (nSPS) is 10.0. The van der Waals surface area contributed by atoms with Crippen LogP contribution in [0.3, 0.4) is 0 Å². The van der Waals surface area contributed by atoms with Gasteiger partial charge in [0, 0.05) is 18.9 Å². The first-order valence-corrected chi connectivity index (χ1v) is 5.12. The summed E-state index contributed by atoms with van der Waals surface area (Å²) in [4.78, 5) is 32.5. The molecule has 0 aromatic carbocycles. The molecule has 2 rings (SSSR count). The molecule has 0 saturated carbocycles. The number of imidazole rings is 1. The predicted octanol–water partition coefficient (Wildman–Crippen LogP) is 0.433. The van der Waals surface area contributed by atoms with Crippen LogP contribution >= 0.6 is 0 Å². The van der Waals surface area contributed by atoms with Crippen molar-refractivity contribution in [1.29, 1.82) is 0 Å². The Morgan fingerprint density at radius 1 is 1.44 bits per heavy atom. The average Bonchev–Trinajstić information content (AvgIpc) is 2.86. The Morgan fingerprint density at radius 2 is 2.28 bits per heavy atom. The smallest absolute Gasteiger partial charge is 0.354 e. The van der Waals surface area contributed by atoms with Crippen molar-refractivity contribution in [3.63, 3.8) is 0 Å². The third kappa shape index (κ3) is 2.51. The van der Waals surface area contributed by atoms with Gasteiger partial charge in [-0.3, -0.25) is 9.78 Å². The minimum atomic E-state index is -1.22. The van der Waals surface area contributed by atoms with Crippen molar-refractivity contribution in [2.45, 2.75) is 6.54 Å². The Balaban J connectivity index is 2.04. The van der Waals surface area contributed by atoms with Gasteiger partial charge in [-0.05, 0) is 11.6 Å². The number of H-pyrrole nitrogens is 1. The van der Waals surface area contributed by atoms with Gasteiger partial charge >= 0.3 is 5.97 Å². The molecular formula is C11H10N4O3. The SMILES string of the molecule is O=C(NCc1cccnc1)c1nc[nH]c1C(=O)O. The zero-order chi connectivity index (χ0) is 13.0. The molecule has 0 saturated heterocycles. The van der Waals surface area contributed by atoms with Crippen LogP contribution in [0.2, 0.25) is 0 Å². The number of aromatic amines is 1. The predicted molar refractivity (Wildman–Crippen MR) is 61.0 cm³/mol. The summed E-state index contributed by atoms with van der Waals surface area (Å²) >= 11 is 0. The van der Waals surface area contributed by atoms with E-state index >= 15 is 0 Å². The maximum atomic E-state index is 11.7. The van der Waals surface area contributed by atoms with Crippen LogP contribution in [0.1, 0.15) is 26.5 Å². The minimum absolute atomic E-state index is 0.133. The van der Waals surface area contributed by atoms with Crippen molar-refractivity contribution >= 4 is 11.9 Å². The third-order valence-electron chi connectivity index (χ3n) is 2.24. The fraction of sp³-hybridized carbons (Fsp3) is 0.0909. The Labute approximate surface area is 102 Å². The van der Waals surface area contributed by atoms with E-state index in [1.807, 2.05) is 0 Å². The zero-order valence-corrected chi connectivity index (χ0v) is 9.25. The molecule has 0 aliphatic rings. The van der Waals surface area contributed by atoms with E-state index in [4.69, 9.17) is 5.11 Å². The second kappa shape index (κ2) is 5.09. The Bertz CT molecular complexity index is 565. The molecular weight excluding hydrogens is 236 g/mol. The number of carboxylic acid groups (broad SMARTS) is 1. The van der Waals surface area contributed by atoms with Crippen molar-refractivity contribution in [2.75, 3.05) is 0 Å². The summed E-state index contributed by atoms with van der Waals surface area (Å²) < 4.78 is 0. The molecule has 0 fully saturated rings. The quantitative estimate of drug-likeness (QED) is 0.725. The summed E-state index contributed by atoms with van der Waals surface area (Å²) in [6.07, 6.45) is 4.41. The lowest BCUT2D eigenvalue weighted by Crippen LogP contribution is -2.25. The van der Waals surface area contributed by atoms with E-state index in [0.717, 1.165) is 5.56 Å². The number of nitrogens with one attached hydrogen (secondary N) is 2. The van der Waals surface area contributed by atoms with Gasteiger partial charge < -0.3 is 15.4 Å². The molecule has 18 heavy (non-hydrogen) atoms. The zero-order valence-electron chi connectivity index (χ0n) is 9.25. The van der Waals surface area contributed by atoms with Gasteiger partial charge in [0.2, 0.25) is 0 Å². The van der Waals surface area contributed by atoms with Crippen LogP contribution < -0.4 is 5.32 Å². The van der Waals surface area contributed by atoms with E-state index in [2.05, 4.69) is 20.3 Å². The molecule has 3 N–H and O–H groups in total. The summed E-state index contributed by atoms with van der Waals surface area (Å²) in [6.45, 7) is 0.262. The number of aromatic nitrogens is 3. The standard InChI is InChI=1S/C11H10N4O3/c16-10(8-9(11(17)18)15-6-14-8)13-5-7-2-1-3-12-4-7/h1-4,6H,5H2,(H,13,16)(H,14,15)(H,17,18). The first kappa shape index (κ1) is 11.8. The number of amides is 1. The number of aromatic carboxylic acids is 1. The van der Waals surface area contributed by atoms with E-state index in [-0.39, 0.29) is 17.9 Å². The molecule has 2 aromatic heterocycles. The molecule has 7 heteroatoms. The molecule has 1 amide bonds. The maximum absolute atomic E-state index is 11.7. The average molecular weight is 246 g/mol. The molecule has 7 nitrogen and oxygen atoms in total. The first-order chi connectivity index (χ1) is 8.68. The van der Waals surface area contributed by atoms with Crippen molar-refractivity contribution in [2.24, 2.45) is 0 Å². The van der Waals surface area contributed by atoms with Gasteiger partial charge in [-0.1, -0.05) is 6.07 Å². The monoisotopic (exact) mass is 246 g/mol. The number of rotatable bonds is 4. The van der Waals surface area contributed by atoms with Crippen LogP contribution in [0.25, 0.3) is 0 Å². The van der Waals surface area contributed by atoms with E-state index in [9.17, 15) is 9.59 Å². The molecule has 2 aromatic rings. The number of pyridine rings is 1. The van der Waals surface area contributed by atoms with Crippen LogP contribution in [-0.2, 0) is 6.54 Å². The Morgan fingerprint density at radius 3 is 2.94 bits per heavy atom. The number of hydrogen-bond donors (Lipinski definition) is 3. The highest BCUT2D eigenvalue weighted by molar-refractivity contribution is 6.02. The number of carbonyl (C=O) groups is 2. The Hall–Kier alpha value is -2.70. The lowest BCUT2D eigenvalue weighted by Gasteiger charge is -2.03. The summed E-state index contributed by atoms with van der Waals surface area (Å²) in [5.41, 5.74) is 0.461. The summed E-state index contributed by atoms with van der Waals surface area (Å²) in [5, 5.41) is 11.4. The molecule has 0 aliphatic heterocycles. The minimum Gasteiger partial charge on any atom is -0.477 e. The molecule has 0 unspecified atom stereocenters. The summed E-state index contributed by atoms with van der Waals surface area (Å²) in [7, 11) is 0. The highest BCUT2D eigenvalue weighted by atomic mass is 16.4. The Kier molecular flexibility index (Phi) is 3.33. The van der Waals surface area contributed by atoms with E-state index in [1.54, 1.807) is 24.5 Å². The van der Waals surface area contributed by atoms with Crippen LogP contribution in [-0.4, -0.2) is 31.9 Å². The van der Waals surface area contributed by atoms with Crippen LogP contribution in [0.15, 0.2) is 30.9 Å². The van der Waals surface area contributed by atoms with Crippen LogP contribution in [0.5, 0.6) is 0 Å². The van der Waals surface area contributed by atoms with Crippen LogP contribution in [0.4, 0.5) is 0 Å². The molecule has 0 radical (unpaired) electrons. The van der Waals surface area contributed by atoms with Crippen molar-refractivity contribution in [1.82, 2.24) is 20.3 Å². The van der Waals surface area contributed by atoms with Gasteiger partial charge in [-0.25, -0.2) is 9.78 Å². The topological polar surface area (TPSA) is 108 Å². The van der Waals surface area contributed by atoms with Crippen molar-refractivity contribution in [3.05, 3.63) is 47.8 Å². The second-order valence-electron chi connectivity index (χ2n) is 3.48. The number of carboxylic acids is 1. The van der Waals surface area contributed by atoms with Gasteiger partial charge in [-0.15, -0.1) is 0 Å². The second-order valence-corrected chi connectivity index (χ2v) is 3.48. The van der Waals surface area contributed by atoms with E-state index in [1.165, 1.54) is 6.33 Å². The lowest BCUT2D eigenvalue weighted by atomic mass is 10.2. The largest absolute Gasteiger partial charge is 0.477 e. The molecule has 0 spiro atoms. The summed E-state index contributed by atoms with van der Waals surface area (Å²) in [5.74, 6) is -1.77. The van der Waals surface area contributed by atoms with E-state index < -0.39 is 11.9 Å². The van der Waals surface area contributed by atoms with Crippen LogP contribution in [0, 0.1) is 0 Å². The molecule has 0 atom stereocenters. The highest BCUT2D eigenvalue weighted by Gasteiger charge is 2.19. The summed E-state index contributed by atoms with van der Waals surface area (Å²) in [6, 6.07) is 3.55. The lowest BCUT2D eigenvalue weighted by molar-refractivity contribution is 0.0685. The van der Waals surface area contributed by atoms with Crippen molar-refractivity contribution < 1.29 is 14.7 Å². The number of carbonyl (C=O) groups excluding carboxylic acids is 1. The van der Waals surface area contributed by atoms with Gasteiger partial charge in [0.25, 0.3) is 5.91 Å². The van der Waals surface area contributed by atoms with Gasteiger partial charge in [0.1, 0.15) is 0 Å². The molecule has 92 valence electrons. The van der Waals surface area contributed by atoms with Gasteiger partial charge in [-0.2, -0.15) is 0 Å². The highest BCUT2D eigenvalue weighted by Crippen LogP contribution is 2.03. The third-order valence-corrected chi connectivity index (χ3v) is 2.24. The molecule has 2 heterocycles. The number of nitrogens with zero attached hydrogens (tertiary/aromatic N) is 2. The fourth-order valence-electron chi connectivity index (χ4n) is 1.40. The number of hydrogen-bond acceptors (Lipinski definition) is 4. The van der Waals surface area contributed by atoms with Gasteiger partial charge in [0.05, 0.1) is 6.33 Å². The van der Waals surface area contributed by atoms with Gasteiger partial charge in [0.15, 0.2) is 11.4 Å². The fourth-order valence-corrected chi connectivity index (χ4v) is 1.40. The van der Waals surface area contributed by atoms with Crippen molar-refractivity contribution in [3.8, 4) is 0 Å². The first-order valence-electron chi connectivity index (χ1n) is 5.12. The van der Waals surface area contributed by atoms with E-state index in [0.29, 0.717) is 0 Å². The molecule has 0 bridgehead atoms.